The fraction of sp³-hybridized carbons (Fsp3) is 0.360. The van der Waals surface area contributed by atoms with Crippen LogP contribution < -0.4 is 0 Å². The summed E-state index contributed by atoms with van der Waals surface area (Å²) in [5.41, 5.74) is 6.25. The number of hydrogen-bond acceptors (Lipinski definition) is 2. The van der Waals surface area contributed by atoms with Crippen molar-refractivity contribution in [1.29, 1.82) is 0 Å². The van der Waals surface area contributed by atoms with E-state index in [0.29, 0.717) is 18.1 Å². The van der Waals surface area contributed by atoms with Crippen LogP contribution in [0.4, 0.5) is 0 Å². The molecule has 0 radical (unpaired) electrons. The molecule has 0 saturated heterocycles. The molecule has 2 aromatic carbocycles. The molecule has 0 aliphatic heterocycles. The van der Waals surface area contributed by atoms with Crippen molar-refractivity contribution in [3.05, 3.63) is 71.8 Å². The summed E-state index contributed by atoms with van der Waals surface area (Å²) in [6, 6.07) is 19.3. The van der Waals surface area contributed by atoms with E-state index in [4.69, 9.17) is 4.98 Å². The van der Waals surface area contributed by atoms with E-state index in [0.717, 1.165) is 31.5 Å². The summed E-state index contributed by atoms with van der Waals surface area (Å²) >= 11 is 0. The SMILES string of the molecule is Cc1nc2c(n1-c1cccc(-c3ccccc3)c1)CCC1CC(=O)CCC21C. The van der Waals surface area contributed by atoms with E-state index in [9.17, 15) is 4.79 Å². The number of carbonyl (C=O) groups is 1. The van der Waals surface area contributed by atoms with Gasteiger partial charge in [-0.25, -0.2) is 4.98 Å². The van der Waals surface area contributed by atoms with Gasteiger partial charge in [0.2, 0.25) is 0 Å². The van der Waals surface area contributed by atoms with Gasteiger partial charge in [-0.05, 0) is 55.4 Å². The quantitative estimate of drug-likeness (QED) is 0.604. The summed E-state index contributed by atoms with van der Waals surface area (Å²) in [5, 5.41) is 0. The van der Waals surface area contributed by atoms with Gasteiger partial charge in [-0.15, -0.1) is 0 Å². The molecule has 0 spiro atoms. The molecule has 3 aromatic rings. The Morgan fingerprint density at radius 3 is 2.64 bits per heavy atom. The number of fused-ring (bicyclic) bond motifs is 3. The summed E-state index contributed by atoms with van der Waals surface area (Å²) in [5.74, 6) is 1.92. The summed E-state index contributed by atoms with van der Waals surface area (Å²) in [4.78, 5) is 17.1. The first-order valence-electron chi connectivity index (χ1n) is 10.3. The molecule has 0 amide bonds. The maximum atomic E-state index is 12.0. The molecule has 1 saturated carbocycles. The van der Waals surface area contributed by atoms with Gasteiger partial charge in [-0.2, -0.15) is 0 Å². The Kier molecular flexibility index (Phi) is 4.01. The highest BCUT2D eigenvalue weighted by Gasteiger charge is 2.46. The highest BCUT2D eigenvalue weighted by atomic mass is 16.1. The molecule has 3 nitrogen and oxygen atoms in total. The minimum atomic E-state index is 0.0363. The fourth-order valence-electron chi connectivity index (χ4n) is 5.31. The first kappa shape index (κ1) is 17.4. The zero-order chi connectivity index (χ0) is 19.3. The molecule has 1 fully saturated rings. The Morgan fingerprint density at radius 1 is 1.04 bits per heavy atom. The minimum Gasteiger partial charge on any atom is -0.301 e. The van der Waals surface area contributed by atoms with Gasteiger partial charge in [-0.1, -0.05) is 49.4 Å². The molecule has 142 valence electrons. The van der Waals surface area contributed by atoms with Crippen molar-refractivity contribution in [2.45, 2.75) is 51.4 Å². The lowest BCUT2D eigenvalue weighted by Crippen LogP contribution is -2.42. The highest BCUT2D eigenvalue weighted by molar-refractivity contribution is 5.80. The van der Waals surface area contributed by atoms with Crippen LogP contribution in [0.25, 0.3) is 16.8 Å². The average molecular weight is 370 g/mol. The normalized spacial score (nSPS) is 23.9. The number of aromatic nitrogens is 2. The lowest BCUT2D eigenvalue weighted by Gasteiger charge is -2.43. The second kappa shape index (κ2) is 6.44. The standard InChI is InChI=1S/C25H26N2O/c1-17-26-24-23(12-11-20-16-22(28)13-14-25(20,24)2)27(17)21-10-6-9-19(15-21)18-7-4-3-5-8-18/h3-10,15,20H,11-14,16H2,1-2H3. The number of aryl methyl sites for hydroxylation is 1. The Morgan fingerprint density at radius 2 is 1.82 bits per heavy atom. The van der Waals surface area contributed by atoms with Gasteiger partial charge in [0.05, 0.1) is 5.69 Å². The molecule has 2 atom stereocenters. The van der Waals surface area contributed by atoms with Crippen molar-refractivity contribution >= 4 is 5.78 Å². The predicted octanol–water partition coefficient (Wildman–Crippen LogP) is 5.42. The molecule has 28 heavy (non-hydrogen) atoms. The third-order valence-corrected chi connectivity index (χ3v) is 6.92. The summed E-state index contributed by atoms with van der Waals surface area (Å²) in [6.45, 7) is 4.44. The zero-order valence-electron chi connectivity index (χ0n) is 16.6. The van der Waals surface area contributed by atoms with Crippen LogP contribution in [0.2, 0.25) is 0 Å². The molecule has 3 heteroatoms. The third-order valence-electron chi connectivity index (χ3n) is 6.92. The Labute approximate surface area is 166 Å². The van der Waals surface area contributed by atoms with Gasteiger partial charge >= 0.3 is 0 Å². The third kappa shape index (κ3) is 2.64. The van der Waals surface area contributed by atoms with E-state index in [-0.39, 0.29) is 5.41 Å². The predicted molar refractivity (Wildman–Crippen MR) is 112 cm³/mol. The number of carbonyl (C=O) groups excluding carboxylic acids is 1. The largest absolute Gasteiger partial charge is 0.301 e. The molecule has 2 aliphatic carbocycles. The number of nitrogens with zero attached hydrogens (tertiary/aromatic N) is 2. The maximum Gasteiger partial charge on any atom is 0.133 e. The van der Waals surface area contributed by atoms with Crippen molar-refractivity contribution in [3.8, 4) is 16.8 Å². The lowest BCUT2D eigenvalue weighted by atomic mass is 9.60. The van der Waals surface area contributed by atoms with Crippen molar-refractivity contribution in [2.24, 2.45) is 5.92 Å². The van der Waals surface area contributed by atoms with E-state index in [1.807, 2.05) is 0 Å². The lowest BCUT2D eigenvalue weighted by molar-refractivity contribution is -0.123. The Bertz CT molecular complexity index is 1050. The van der Waals surface area contributed by atoms with Crippen LogP contribution in [-0.2, 0) is 16.6 Å². The molecule has 0 N–H and O–H groups in total. The number of hydrogen-bond donors (Lipinski definition) is 0. The zero-order valence-corrected chi connectivity index (χ0v) is 16.6. The van der Waals surface area contributed by atoms with E-state index in [2.05, 4.69) is 73.0 Å². The first-order chi connectivity index (χ1) is 13.6. The monoisotopic (exact) mass is 370 g/mol. The van der Waals surface area contributed by atoms with Crippen LogP contribution in [0.5, 0.6) is 0 Å². The number of ketones is 1. The van der Waals surface area contributed by atoms with Gasteiger partial charge < -0.3 is 4.57 Å². The molecule has 1 aromatic heterocycles. The second-order valence-corrected chi connectivity index (χ2v) is 8.60. The van der Waals surface area contributed by atoms with Crippen molar-refractivity contribution in [3.63, 3.8) is 0 Å². The molecular formula is C25H26N2O. The van der Waals surface area contributed by atoms with Crippen LogP contribution in [0.1, 0.15) is 49.8 Å². The van der Waals surface area contributed by atoms with E-state index in [1.165, 1.54) is 28.2 Å². The topological polar surface area (TPSA) is 34.9 Å². The van der Waals surface area contributed by atoms with E-state index >= 15 is 0 Å². The maximum absolute atomic E-state index is 12.0. The summed E-state index contributed by atoms with van der Waals surface area (Å²) < 4.78 is 2.35. The number of benzene rings is 2. The second-order valence-electron chi connectivity index (χ2n) is 8.60. The van der Waals surface area contributed by atoms with Crippen LogP contribution in [-0.4, -0.2) is 15.3 Å². The van der Waals surface area contributed by atoms with Gasteiger partial charge in [0, 0.05) is 29.6 Å². The fourth-order valence-corrected chi connectivity index (χ4v) is 5.31. The molecule has 2 aliphatic rings. The smallest absolute Gasteiger partial charge is 0.133 e. The molecule has 1 heterocycles. The van der Waals surface area contributed by atoms with Crippen LogP contribution in [0.3, 0.4) is 0 Å². The van der Waals surface area contributed by atoms with Crippen molar-refractivity contribution in [2.75, 3.05) is 0 Å². The molecule has 2 unspecified atom stereocenters. The average Bonchev–Trinajstić information content (AvgIpc) is 3.07. The molecule has 0 bridgehead atoms. The van der Waals surface area contributed by atoms with Gasteiger partial charge in [0.25, 0.3) is 0 Å². The Balaban J connectivity index is 1.61. The van der Waals surface area contributed by atoms with Gasteiger partial charge in [0.1, 0.15) is 11.6 Å². The van der Waals surface area contributed by atoms with Crippen LogP contribution >= 0.6 is 0 Å². The number of rotatable bonds is 2. The first-order valence-corrected chi connectivity index (χ1v) is 10.3. The number of imidazole rings is 1. The van der Waals surface area contributed by atoms with Crippen LogP contribution in [0.15, 0.2) is 54.6 Å². The minimum absolute atomic E-state index is 0.0363. The molecule has 5 rings (SSSR count). The Hall–Kier alpha value is -2.68. The van der Waals surface area contributed by atoms with Crippen LogP contribution in [0, 0.1) is 12.8 Å². The van der Waals surface area contributed by atoms with Crippen molar-refractivity contribution < 1.29 is 4.79 Å². The van der Waals surface area contributed by atoms with Gasteiger partial charge in [-0.3, -0.25) is 4.79 Å². The molecular weight excluding hydrogens is 344 g/mol. The highest BCUT2D eigenvalue weighted by Crippen LogP contribution is 2.49. The van der Waals surface area contributed by atoms with E-state index in [1.54, 1.807) is 0 Å². The van der Waals surface area contributed by atoms with E-state index < -0.39 is 0 Å². The van der Waals surface area contributed by atoms with Crippen molar-refractivity contribution in [1.82, 2.24) is 9.55 Å². The number of Topliss-reactive ketones (excluding diaryl/α,β-unsaturated/α-hetero) is 1. The summed E-state index contributed by atoms with van der Waals surface area (Å²) in [7, 11) is 0. The van der Waals surface area contributed by atoms with Gasteiger partial charge in [0.15, 0.2) is 0 Å². The summed E-state index contributed by atoms with van der Waals surface area (Å²) in [6.07, 6.45) is 4.44.